The van der Waals surface area contributed by atoms with E-state index in [1.165, 1.54) is 19.2 Å². The van der Waals surface area contributed by atoms with Crippen LogP contribution in [0.1, 0.15) is 35.4 Å². The molecule has 1 atom stereocenters. The monoisotopic (exact) mass is 368 g/mol. The maximum Gasteiger partial charge on any atom is 0.253 e. The lowest BCUT2D eigenvalue weighted by molar-refractivity contribution is 0.0790. The molecule has 1 aliphatic rings. The number of pyridine rings is 1. The van der Waals surface area contributed by atoms with Crippen molar-refractivity contribution in [3.8, 4) is 5.75 Å². The number of benzene rings is 1. The van der Waals surface area contributed by atoms with Crippen molar-refractivity contribution in [2.45, 2.75) is 25.8 Å². The average molecular weight is 368 g/mol. The van der Waals surface area contributed by atoms with Crippen LogP contribution in [-0.2, 0) is 6.54 Å². The summed E-state index contributed by atoms with van der Waals surface area (Å²) in [7, 11) is 1.40. The maximum atomic E-state index is 13.9. The Morgan fingerprint density at radius 2 is 2.22 bits per heavy atom. The summed E-state index contributed by atoms with van der Waals surface area (Å²) >= 11 is 0. The van der Waals surface area contributed by atoms with Crippen molar-refractivity contribution in [2.75, 3.05) is 20.2 Å². The van der Waals surface area contributed by atoms with E-state index in [1.54, 1.807) is 17.2 Å². The highest BCUT2D eigenvalue weighted by molar-refractivity contribution is 5.94. The highest BCUT2D eigenvalue weighted by Gasteiger charge is 2.31. The molecule has 7 heteroatoms. The van der Waals surface area contributed by atoms with Crippen molar-refractivity contribution in [3.05, 3.63) is 53.7 Å². The van der Waals surface area contributed by atoms with Crippen LogP contribution >= 0.6 is 0 Å². The smallest absolute Gasteiger partial charge is 0.253 e. The van der Waals surface area contributed by atoms with Crippen LogP contribution in [-0.4, -0.2) is 45.5 Å². The molecular weight excluding hydrogens is 347 g/mol. The maximum absolute atomic E-state index is 13.9. The van der Waals surface area contributed by atoms with Gasteiger partial charge < -0.3 is 14.2 Å². The van der Waals surface area contributed by atoms with E-state index in [0.29, 0.717) is 18.7 Å². The molecule has 4 rings (SSSR count). The summed E-state index contributed by atoms with van der Waals surface area (Å²) in [6.45, 7) is 4.03. The molecule has 3 heterocycles. The highest BCUT2D eigenvalue weighted by Crippen LogP contribution is 2.30. The number of carbonyl (C=O) groups excluding carboxylic acids is 1. The number of fused-ring (bicyclic) bond motifs is 1. The molecule has 1 saturated heterocycles. The third kappa shape index (κ3) is 3.03. The standard InChI is InChI=1S/C20H21FN4O2/c1-3-25-18(23-16-5-4-9-22-19(16)25)14-8-10-24(12-14)20(26)13-6-7-17(27-2)15(21)11-13/h4-7,9,11,14H,3,8,10,12H2,1-2H3/t14-/m1/s1. The van der Waals surface area contributed by atoms with Gasteiger partial charge in [0, 0.05) is 37.3 Å². The van der Waals surface area contributed by atoms with Gasteiger partial charge in [0.2, 0.25) is 0 Å². The van der Waals surface area contributed by atoms with Crippen molar-refractivity contribution >= 4 is 17.1 Å². The zero-order valence-corrected chi connectivity index (χ0v) is 15.4. The second-order valence-electron chi connectivity index (χ2n) is 6.65. The number of imidazole rings is 1. The van der Waals surface area contributed by atoms with E-state index in [0.717, 1.165) is 30.0 Å². The van der Waals surface area contributed by atoms with Crippen LogP contribution in [0.3, 0.4) is 0 Å². The molecular formula is C20H21FN4O2. The van der Waals surface area contributed by atoms with Crippen LogP contribution in [0.25, 0.3) is 11.2 Å². The first-order chi connectivity index (χ1) is 13.1. The first-order valence-corrected chi connectivity index (χ1v) is 9.06. The van der Waals surface area contributed by atoms with Crippen LogP contribution in [0.4, 0.5) is 4.39 Å². The first kappa shape index (κ1) is 17.5. The van der Waals surface area contributed by atoms with Crippen LogP contribution in [0.15, 0.2) is 36.5 Å². The Hall–Kier alpha value is -2.96. The molecule has 1 fully saturated rings. The molecule has 1 aromatic carbocycles. The van der Waals surface area contributed by atoms with Gasteiger partial charge in [-0.3, -0.25) is 4.79 Å². The topological polar surface area (TPSA) is 60.2 Å². The third-order valence-electron chi connectivity index (χ3n) is 5.09. The lowest BCUT2D eigenvalue weighted by Crippen LogP contribution is -2.28. The van der Waals surface area contributed by atoms with Crippen LogP contribution in [0.5, 0.6) is 5.75 Å². The fourth-order valence-corrected chi connectivity index (χ4v) is 3.74. The molecule has 1 aliphatic heterocycles. The van der Waals surface area contributed by atoms with E-state index in [2.05, 4.69) is 16.5 Å². The molecule has 0 N–H and O–H groups in total. The van der Waals surface area contributed by atoms with E-state index in [-0.39, 0.29) is 17.6 Å². The van der Waals surface area contributed by atoms with Gasteiger partial charge in [-0.05, 0) is 43.7 Å². The number of halogens is 1. The summed E-state index contributed by atoms with van der Waals surface area (Å²) in [5, 5.41) is 0. The summed E-state index contributed by atoms with van der Waals surface area (Å²) in [5.74, 6) is 0.540. The quantitative estimate of drug-likeness (QED) is 0.709. The van der Waals surface area contributed by atoms with Crippen molar-refractivity contribution in [2.24, 2.45) is 0 Å². The Bertz CT molecular complexity index is 1000. The Kier molecular flexibility index (Phi) is 4.51. The number of nitrogens with zero attached hydrogens (tertiary/aromatic N) is 4. The summed E-state index contributed by atoms with van der Waals surface area (Å²) in [6, 6.07) is 8.15. The van der Waals surface area contributed by atoms with Gasteiger partial charge in [-0.15, -0.1) is 0 Å². The number of ether oxygens (including phenoxy) is 1. The summed E-state index contributed by atoms with van der Waals surface area (Å²) in [5.41, 5.74) is 2.08. The minimum absolute atomic E-state index is 0.134. The SMILES string of the molecule is CCn1c([C@@H]2CCN(C(=O)c3ccc(OC)c(F)c3)C2)nc2cccnc21. The highest BCUT2D eigenvalue weighted by atomic mass is 19.1. The predicted molar refractivity (Wildman–Crippen MR) is 99.4 cm³/mol. The molecule has 0 unspecified atom stereocenters. The van der Waals surface area contributed by atoms with E-state index in [9.17, 15) is 9.18 Å². The molecule has 0 bridgehead atoms. The van der Waals surface area contributed by atoms with Gasteiger partial charge in [-0.2, -0.15) is 0 Å². The molecule has 1 amide bonds. The largest absolute Gasteiger partial charge is 0.494 e. The fraction of sp³-hybridized carbons (Fsp3) is 0.350. The molecule has 3 aromatic rings. The van der Waals surface area contributed by atoms with Gasteiger partial charge in [0.1, 0.15) is 11.3 Å². The summed E-state index contributed by atoms with van der Waals surface area (Å²) in [4.78, 5) is 23.7. The number of carbonyl (C=O) groups is 1. The second-order valence-corrected chi connectivity index (χ2v) is 6.65. The summed E-state index contributed by atoms with van der Waals surface area (Å²) < 4.78 is 21.0. The minimum Gasteiger partial charge on any atom is -0.494 e. The number of rotatable bonds is 4. The number of methoxy groups -OCH3 is 1. The molecule has 140 valence electrons. The number of aryl methyl sites for hydroxylation is 1. The van der Waals surface area contributed by atoms with E-state index < -0.39 is 5.82 Å². The van der Waals surface area contributed by atoms with Crippen LogP contribution < -0.4 is 4.74 Å². The molecule has 0 aliphatic carbocycles. The van der Waals surface area contributed by atoms with Crippen molar-refractivity contribution < 1.29 is 13.9 Å². The van der Waals surface area contributed by atoms with Crippen molar-refractivity contribution in [1.29, 1.82) is 0 Å². The normalized spacial score (nSPS) is 16.9. The zero-order valence-electron chi connectivity index (χ0n) is 15.4. The van der Waals surface area contributed by atoms with E-state index in [4.69, 9.17) is 9.72 Å². The van der Waals surface area contributed by atoms with Crippen LogP contribution in [0, 0.1) is 5.82 Å². The lowest BCUT2D eigenvalue weighted by Gasteiger charge is -2.17. The number of hydrogen-bond acceptors (Lipinski definition) is 4. The average Bonchev–Trinajstić information content (AvgIpc) is 3.31. The third-order valence-corrected chi connectivity index (χ3v) is 5.09. The number of amides is 1. The molecule has 27 heavy (non-hydrogen) atoms. The van der Waals surface area contributed by atoms with Gasteiger partial charge in [-0.25, -0.2) is 14.4 Å². The number of hydrogen-bond donors (Lipinski definition) is 0. The van der Waals surface area contributed by atoms with Crippen molar-refractivity contribution in [3.63, 3.8) is 0 Å². The fourth-order valence-electron chi connectivity index (χ4n) is 3.74. The number of likely N-dealkylation sites (tertiary alicyclic amines) is 1. The van der Waals surface area contributed by atoms with E-state index in [1.807, 2.05) is 12.1 Å². The van der Waals surface area contributed by atoms with Gasteiger partial charge in [0.25, 0.3) is 5.91 Å². The number of aromatic nitrogens is 3. The second kappa shape index (κ2) is 6.98. The Balaban J connectivity index is 1.57. The molecule has 0 spiro atoms. The summed E-state index contributed by atoms with van der Waals surface area (Å²) in [6.07, 6.45) is 2.59. The van der Waals surface area contributed by atoms with Crippen LogP contribution in [0.2, 0.25) is 0 Å². The van der Waals surface area contributed by atoms with E-state index >= 15 is 0 Å². The minimum atomic E-state index is -0.530. The van der Waals surface area contributed by atoms with Gasteiger partial charge in [0.05, 0.1) is 7.11 Å². The molecule has 0 radical (unpaired) electrons. The molecule has 0 saturated carbocycles. The van der Waals surface area contributed by atoms with Crippen molar-refractivity contribution in [1.82, 2.24) is 19.4 Å². The molecule has 6 nitrogen and oxygen atoms in total. The van der Waals surface area contributed by atoms with Gasteiger partial charge in [0.15, 0.2) is 17.2 Å². The van der Waals surface area contributed by atoms with Gasteiger partial charge >= 0.3 is 0 Å². The predicted octanol–water partition coefficient (Wildman–Crippen LogP) is 3.23. The lowest BCUT2D eigenvalue weighted by atomic mass is 10.1. The first-order valence-electron chi connectivity index (χ1n) is 9.06. The Labute approximate surface area is 156 Å². The Morgan fingerprint density at radius 1 is 1.37 bits per heavy atom. The Morgan fingerprint density at radius 3 is 2.96 bits per heavy atom. The molecule has 2 aromatic heterocycles. The van der Waals surface area contributed by atoms with Gasteiger partial charge in [-0.1, -0.05) is 0 Å². The zero-order chi connectivity index (χ0) is 19.0.